The molecule has 9 rings (SSSR count). The maximum absolute atomic E-state index is 6.90. The van der Waals surface area contributed by atoms with Crippen molar-refractivity contribution < 1.29 is 25.8 Å². The van der Waals surface area contributed by atoms with Gasteiger partial charge in [-0.25, -0.2) is 4.98 Å². The topological polar surface area (TPSA) is 33.5 Å². The Balaban J connectivity index is 0.00000514. The molecule has 5 nitrogen and oxygen atoms in total. The van der Waals surface area contributed by atoms with Crippen LogP contribution in [-0.4, -0.2) is 9.55 Å². The quantitative estimate of drug-likeness (QED) is 0.135. The van der Waals surface area contributed by atoms with Crippen LogP contribution < -0.4 is 14.5 Å². The smallest absolute Gasteiger partial charge is 0.135 e. The van der Waals surface area contributed by atoms with E-state index in [9.17, 15) is 0 Å². The molecule has 0 saturated heterocycles. The molecule has 6 heteroatoms. The number of benzene rings is 6. The number of rotatable bonds is 9. The molecule has 312 valence electrons. The second-order valence-electron chi connectivity index (χ2n) is 18.3. The number of nitrogens with zero attached hydrogens (tertiary/aromatic N) is 4. The summed E-state index contributed by atoms with van der Waals surface area (Å²) in [6, 6.07) is 54.9. The number of aromatic nitrogens is 2. The Bertz CT molecular complexity index is 2880. The number of hydrogen-bond donors (Lipinski definition) is 0. The molecule has 0 spiro atoms. The van der Waals surface area contributed by atoms with Crippen LogP contribution in [0.25, 0.3) is 38.8 Å². The first-order valence-corrected chi connectivity index (χ1v) is 21.2. The van der Waals surface area contributed by atoms with Crippen molar-refractivity contribution in [3.63, 3.8) is 0 Å². The predicted molar refractivity (Wildman–Crippen MR) is 250 cm³/mol. The van der Waals surface area contributed by atoms with Crippen LogP contribution in [0, 0.1) is 24.2 Å². The first kappa shape index (κ1) is 42.1. The van der Waals surface area contributed by atoms with Gasteiger partial charge in [0.15, 0.2) is 0 Å². The van der Waals surface area contributed by atoms with E-state index in [2.05, 4.69) is 223 Å². The van der Waals surface area contributed by atoms with Crippen LogP contribution in [0.1, 0.15) is 90.8 Å². The summed E-state index contributed by atoms with van der Waals surface area (Å²) in [5.74, 6) is 2.82. The zero-order valence-electron chi connectivity index (χ0n) is 36.5. The number of ether oxygens (including phenoxy) is 1. The van der Waals surface area contributed by atoms with Gasteiger partial charge < -0.3 is 19.1 Å². The number of anilines is 4. The van der Waals surface area contributed by atoms with Crippen molar-refractivity contribution in [3.8, 4) is 28.4 Å². The fraction of sp³-hybridized carbons (Fsp3) is 0.236. The number of pyridine rings is 1. The van der Waals surface area contributed by atoms with Crippen LogP contribution >= 0.6 is 0 Å². The number of hydrogen-bond acceptors (Lipinski definition) is 4. The Morgan fingerprint density at radius 1 is 0.639 bits per heavy atom. The van der Waals surface area contributed by atoms with Crippen LogP contribution in [0.3, 0.4) is 0 Å². The van der Waals surface area contributed by atoms with Crippen LogP contribution in [0.15, 0.2) is 140 Å². The van der Waals surface area contributed by atoms with Crippen molar-refractivity contribution in [2.75, 3.05) is 9.80 Å². The fourth-order valence-electron chi connectivity index (χ4n) is 8.33. The second-order valence-corrected chi connectivity index (χ2v) is 18.3. The molecule has 0 unspecified atom stereocenters. The van der Waals surface area contributed by atoms with Gasteiger partial charge in [0.1, 0.15) is 5.82 Å². The second kappa shape index (κ2) is 16.3. The van der Waals surface area contributed by atoms with E-state index in [1.165, 1.54) is 22.3 Å². The molecule has 2 aromatic heterocycles. The molecule has 1 aliphatic heterocycles. The van der Waals surface area contributed by atoms with Gasteiger partial charge in [-0.15, -0.1) is 53.6 Å². The first-order chi connectivity index (χ1) is 28.8. The van der Waals surface area contributed by atoms with E-state index in [4.69, 9.17) is 9.72 Å². The van der Waals surface area contributed by atoms with Gasteiger partial charge in [-0.1, -0.05) is 135 Å². The summed E-state index contributed by atoms with van der Waals surface area (Å²) in [7, 11) is 0. The zero-order valence-corrected chi connectivity index (χ0v) is 38.8. The van der Waals surface area contributed by atoms with E-state index in [1.54, 1.807) is 0 Å². The molecule has 0 aliphatic carbocycles. The Morgan fingerprint density at radius 2 is 1.36 bits per heavy atom. The average Bonchev–Trinajstić information content (AvgIpc) is 3.79. The van der Waals surface area contributed by atoms with Gasteiger partial charge in [0.05, 0.1) is 0 Å². The molecule has 0 N–H and O–H groups in total. The Morgan fingerprint density at radius 3 is 2.11 bits per heavy atom. The van der Waals surface area contributed by atoms with Crippen molar-refractivity contribution in [3.05, 3.63) is 175 Å². The van der Waals surface area contributed by atoms with Gasteiger partial charge in [0.25, 0.3) is 0 Å². The van der Waals surface area contributed by atoms with E-state index < -0.39 is 0 Å². The molecule has 0 atom stereocenters. The maximum Gasteiger partial charge on any atom is 0.135 e. The third kappa shape index (κ3) is 7.67. The van der Waals surface area contributed by atoms with Crippen LogP contribution in [0.5, 0.6) is 11.5 Å². The molecule has 0 bridgehead atoms. The fourth-order valence-corrected chi connectivity index (χ4v) is 8.33. The van der Waals surface area contributed by atoms with Gasteiger partial charge in [0.2, 0.25) is 0 Å². The van der Waals surface area contributed by atoms with Gasteiger partial charge in [-0.3, -0.25) is 0 Å². The third-order valence-corrected chi connectivity index (χ3v) is 12.8. The normalized spacial score (nSPS) is 13.0. The summed E-state index contributed by atoms with van der Waals surface area (Å²) in [5, 5.41) is 2.24. The molecule has 0 radical (unpaired) electrons. The van der Waals surface area contributed by atoms with E-state index in [-0.39, 0.29) is 31.9 Å². The third-order valence-electron chi connectivity index (χ3n) is 12.8. The zero-order chi connectivity index (χ0) is 41.9. The van der Waals surface area contributed by atoms with E-state index in [1.807, 2.05) is 12.3 Å². The van der Waals surface area contributed by atoms with Crippen LogP contribution in [0.4, 0.5) is 22.7 Å². The van der Waals surface area contributed by atoms with Gasteiger partial charge in [-0.05, 0) is 92.8 Å². The first-order valence-electron chi connectivity index (χ1n) is 21.2. The van der Waals surface area contributed by atoms with Gasteiger partial charge >= 0.3 is 0 Å². The standard InChI is InChI=1S/C55H53N4O.Pt/c1-36(2)38-17-16-18-41(29-38)57-35-58(51-24-15-14-23-50(51)57)42-30-39(46-20-11-10-19-45(46)37(3)4)31-44(33-42)60-43-25-26-48-47-21-12-13-22-49(47)59(52(48)34-43)53-32-40(27-28-56-53)55(8,9)54(5,6)7;/h10-32,35-37H,1-9H3;/q-3;. The van der Waals surface area contributed by atoms with Crippen LogP contribution in [-0.2, 0) is 26.5 Å². The molecule has 61 heavy (non-hydrogen) atoms. The van der Waals surface area contributed by atoms with Crippen molar-refractivity contribution >= 4 is 44.6 Å². The van der Waals surface area contributed by atoms with Crippen molar-refractivity contribution in [1.82, 2.24) is 9.55 Å². The van der Waals surface area contributed by atoms with E-state index in [0.717, 1.165) is 55.9 Å². The molecular formula is C55H53N4OPt-3. The maximum atomic E-state index is 6.90. The molecule has 6 aromatic carbocycles. The minimum absolute atomic E-state index is 0. The molecule has 0 saturated carbocycles. The SMILES string of the molecule is CC(C)c1cccc(N2[CH-]N(c3[c-]c(Oc4[c-]c5c(cc4)c4ccccc4n5-c4cc(C(C)(C)C(C)(C)C)ccn4)cc(-c4ccccc4C(C)C)c3)c3ccccc32)c1.[Pt]. The van der Waals surface area contributed by atoms with E-state index >= 15 is 0 Å². The molecular weight excluding hydrogens is 928 g/mol. The largest absolute Gasteiger partial charge is 0.509 e. The molecule has 8 aromatic rings. The summed E-state index contributed by atoms with van der Waals surface area (Å²) < 4.78 is 9.13. The minimum Gasteiger partial charge on any atom is -0.509 e. The van der Waals surface area contributed by atoms with Crippen molar-refractivity contribution in [2.24, 2.45) is 5.41 Å². The summed E-state index contributed by atoms with van der Waals surface area (Å²) in [4.78, 5) is 9.46. The Labute approximate surface area is 376 Å². The van der Waals surface area contributed by atoms with Gasteiger partial charge in [-0.2, -0.15) is 6.07 Å². The summed E-state index contributed by atoms with van der Waals surface area (Å²) >= 11 is 0. The summed E-state index contributed by atoms with van der Waals surface area (Å²) in [5.41, 5.74) is 12.2. The van der Waals surface area contributed by atoms with E-state index in [0.29, 0.717) is 23.3 Å². The molecule has 1 aliphatic rings. The summed E-state index contributed by atoms with van der Waals surface area (Å²) in [6.45, 7) is 22.7. The molecule has 0 amide bonds. The Kier molecular flexibility index (Phi) is 11.3. The minimum atomic E-state index is -0.0867. The van der Waals surface area contributed by atoms with Gasteiger partial charge in [0, 0.05) is 61.3 Å². The predicted octanol–water partition coefficient (Wildman–Crippen LogP) is 15.2. The Hall–Kier alpha value is -5.64. The summed E-state index contributed by atoms with van der Waals surface area (Å²) in [6.07, 6.45) is 1.94. The monoisotopic (exact) mass is 980 g/mol. The van der Waals surface area contributed by atoms with Crippen molar-refractivity contribution in [2.45, 2.75) is 79.6 Å². The van der Waals surface area contributed by atoms with Crippen LogP contribution in [0.2, 0.25) is 0 Å². The average molecular weight is 981 g/mol. The number of para-hydroxylation sites is 3. The van der Waals surface area contributed by atoms with Crippen molar-refractivity contribution in [1.29, 1.82) is 0 Å². The molecule has 0 fully saturated rings. The molecule has 3 heterocycles. The number of fused-ring (bicyclic) bond motifs is 4.